The molecule has 7 aromatic rings. The van der Waals surface area contributed by atoms with Crippen molar-refractivity contribution >= 4 is 59.1 Å². The highest BCUT2D eigenvalue weighted by Crippen LogP contribution is 2.41. The van der Waals surface area contributed by atoms with Crippen molar-refractivity contribution in [3.05, 3.63) is 208 Å². The van der Waals surface area contributed by atoms with Crippen LogP contribution in [0, 0.1) is 0 Å². The highest BCUT2D eigenvalue weighted by Gasteiger charge is 2.49. The lowest BCUT2D eigenvalue weighted by Crippen LogP contribution is -2.48. The van der Waals surface area contributed by atoms with Crippen molar-refractivity contribution < 1.29 is 129 Å². The molecule has 8 atom stereocenters. The van der Waals surface area contributed by atoms with E-state index in [1.807, 2.05) is 0 Å². The van der Waals surface area contributed by atoms with Gasteiger partial charge < -0.3 is 91.9 Å². The van der Waals surface area contributed by atoms with Crippen molar-refractivity contribution in [1.29, 1.82) is 0 Å². The first-order valence-corrected chi connectivity index (χ1v) is 26.7. The molecule has 4 aliphatic heterocycles. The number of aromatic hydroxyl groups is 6. The number of phenols is 6. The van der Waals surface area contributed by atoms with E-state index in [4.69, 9.17) is 35.7 Å². The highest BCUT2D eigenvalue weighted by molar-refractivity contribution is 6.23. The van der Waals surface area contributed by atoms with E-state index in [1.165, 1.54) is 72.8 Å². The summed E-state index contributed by atoms with van der Waals surface area (Å²) in [6, 6.07) is 26.3. The van der Waals surface area contributed by atoms with Gasteiger partial charge in [0, 0.05) is 16.8 Å². The van der Waals surface area contributed by atoms with Gasteiger partial charge in [0.1, 0.15) is 30.5 Å². The van der Waals surface area contributed by atoms with Gasteiger partial charge in [-0.05, 0) is 101 Å². The van der Waals surface area contributed by atoms with E-state index >= 15 is 0 Å². The second-order valence-corrected chi connectivity index (χ2v) is 20.1. The van der Waals surface area contributed by atoms with Crippen LogP contribution in [0.25, 0.3) is 5.70 Å². The predicted octanol–water partition coefficient (Wildman–Crippen LogP) is 2.67. The topological polar surface area (TPSA) is 537 Å². The zero-order chi connectivity index (χ0) is 68.6. The van der Waals surface area contributed by atoms with Gasteiger partial charge in [0.05, 0.1) is 22.3 Å². The van der Waals surface area contributed by atoms with E-state index in [1.54, 1.807) is 36.4 Å². The van der Waals surface area contributed by atoms with Crippen molar-refractivity contribution in [3.63, 3.8) is 0 Å². The lowest BCUT2D eigenvalue weighted by Gasteiger charge is -2.29. The lowest BCUT2D eigenvalue weighted by molar-refractivity contribution is -0.146. The summed E-state index contributed by atoms with van der Waals surface area (Å²) in [5.74, 6) is -7.99. The van der Waals surface area contributed by atoms with Gasteiger partial charge in [-0.3, -0.25) is 43.5 Å². The minimum atomic E-state index is -1.89. The summed E-state index contributed by atoms with van der Waals surface area (Å²) in [4.78, 5) is 110. The minimum Gasteiger partial charge on any atom is -0.504 e. The minimum absolute atomic E-state index is 0.0235. The monoisotopic (exact) mass is 1290 g/mol. The molecular formula is C62H55N5O26. The number of carbonyl (C=O) groups is 9. The second kappa shape index (κ2) is 28.7. The zero-order valence-corrected chi connectivity index (χ0v) is 47.6. The molecule has 484 valence electrons. The third-order valence-corrected chi connectivity index (χ3v) is 14.5. The van der Waals surface area contributed by atoms with Crippen LogP contribution in [0.4, 0.5) is 0 Å². The Hall–Kier alpha value is -12.0. The zero-order valence-electron chi connectivity index (χ0n) is 47.6. The molecule has 0 fully saturated rings. The largest absolute Gasteiger partial charge is 0.504 e. The molecular weight excluding hydrogens is 1230 g/mol. The van der Waals surface area contributed by atoms with Crippen molar-refractivity contribution in [2.75, 3.05) is 6.79 Å². The molecule has 0 saturated heterocycles. The molecule has 31 heteroatoms. The number of aliphatic hydroxyl groups is 4. The van der Waals surface area contributed by atoms with E-state index in [0.29, 0.717) is 32.4 Å². The SMILES string of the molecule is C=C1c2ccccc2C(=O)N1[C@H](C(=O)O)[C@H](O)c1ccc(O)c(O)c1.NO.N[C@H](C(=O)O)[C@H](O)c1ccc(O)c(O)c1.O=C(O)[C@H]([C@H](O)c1ccc(O)c(O)c1)N1C(=O)c2ccccc2C1=O.O=C(O)[C@H]([C@H](O)c1ccc2c(c1)OCO2)N1C(=O)c2ccccc2C1=O. The van der Waals surface area contributed by atoms with Crippen molar-refractivity contribution in [2.24, 2.45) is 11.6 Å². The van der Waals surface area contributed by atoms with Crippen molar-refractivity contribution in [1.82, 2.24) is 14.7 Å². The molecule has 31 nitrogen and oxygen atoms in total. The van der Waals surface area contributed by atoms with Gasteiger partial charge in [-0.15, -0.1) is 0 Å². The number of amides is 5. The maximum Gasteiger partial charge on any atom is 0.330 e. The first kappa shape index (κ1) is 68.5. The summed E-state index contributed by atoms with van der Waals surface area (Å²) in [5, 5.41) is 141. The third-order valence-electron chi connectivity index (χ3n) is 14.5. The van der Waals surface area contributed by atoms with Crippen LogP contribution in [-0.4, -0.2) is 176 Å². The normalized spacial score (nSPS) is 15.7. The molecule has 19 N–H and O–H groups in total. The van der Waals surface area contributed by atoms with Crippen LogP contribution in [0.15, 0.2) is 152 Å². The number of imide groups is 2. The van der Waals surface area contributed by atoms with Gasteiger partial charge in [-0.1, -0.05) is 73.3 Å². The van der Waals surface area contributed by atoms with Crippen LogP contribution in [0.5, 0.6) is 46.0 Å². The van der Waals surface area contributed by atoms with Gasteiger partial charge in [0.25, 0.3) is 29.5 Å². The highest BCUT2D eigenvalue weighted by atomic mass is 16.7. The maximum absolute atomic E-state index is 12.6. The number of benzene rings is 7. The van der Waals surface area contributed by atoms with Crippen LogP contribution in [0.1, 0.15) is 104 Å². The Morgan fingerprint density at radius 1 is 0.376 bits per heavy atom. The number of nitrogens with zero attached hydrogens (tertiary/aromatic N) is 3. The Bertz CT molecular complexity index is 3870. The number of aliphatic carboxylic acids is 4. The Kier molecular flexibility index (Phi) is 21.1. The van der Waals surface area contributed by atoms with Gasteiger partial charge in [0.15, 0.2) is 64.1 Å². The number of ether oxygens (including phenoxy) is 2. The average molecular weight is 1290 g/mol. The molecule has 0 unspecified atom stereocenters. The fraction of sp³-hybridized carbons (Fsp3) is 0.145. The molecule has 0 radical (unpaired) electrons. The molecule has 0 saturated carbocycles. The van der Waals surface area contributed by atoms with Gasteiger partial charge in [-0.25, -0.2) is 20.3 Å². The van der Waals surface area contributed by atoms with E-state index in [-0.39, 0.29) is 62.7 Å². The molecule has 0 aromatic heterocycles. The molecule has 4 aliphatic rings. The second-order valence-electron chi connectivity index (χ2n) is 20.1. The van der Waals surface area contributed by atoms with Crippen LogP contribution in [0.2, 0.25) is 0 Å². The maximum atomic E-state index is 12.6. The van der Waals surface area contributed by atoms with E-state index in [9.17, 15) is 99.3 Å². The molecule has 0 bridgehead atoms. The Labute approximate surface area is 522 Å². The number of carboxylic acids is 4. The van der Waals surface area contributed by atoms with Crippen LogP contribution in [-0.2, 0) is 19.2 Å². The van der Waals surface area contributed by atoms with E-state index in [0.717, 1.165) is 41.3 Å². The van der Waals surface area contributed by atoms with E-state index in [2.05, 4.69) is 12.5 Å². The summed E-state index contributed by atoms with van der Waals surface area (Å²) in [5.41, 5.74) is 6.79. The molecule has 7 aromatic carbocycles. The van der Waals surface area contributed by atoms with Gasteiger partial charge >= 0.3 is 23.9 Å². The van der Waals surface area contributed by atoms with Crippen LogP contribution < -0.4 is 21.1 Å². The third kappa shape index (κ3) is 13.9. The van der Waals surface area contributed by atoms with Crippen molar-refractivity contribution in [2.45, 2.75) is 48.6 Å². The molecule has 4 heterocycles. The summed E-state index contributed by atoms with van der Waals surface area (Å²) in [6.07, 6.45) is -6.51. The fourth-order valence-corrected chi connectivity index (χ4v) is 9.84. The van der Waals surface area contributed by atoms with Crippen molar-refractivity contribution in [3.8, 4) is 46.0 Å². The summed E-state index contributed by atoms with van der Waals surface area (Å²) in [6.45, 7) is 3.80. The fourth-order valence-electron chi connectivity index (χ4n) is 9.84. The summed E-state index contributed by atoms with van der Waals surface area (Å²) in [7, 11) is 0. The van der Waals surface area contributed by atoms with E-state index < -0.39 is 131 Å². The Morgan fingerprint density at radius 3 is 0.978 bits per heavy atom. The van der Waals surface area contributed by atoms with Crippen LogP contribution >= 0.6 is 0 Å². The quantitative estimate of drug-likeness (QED) is 0.0398. The molecule has 11 rings (SSSR count). The number of hydrogen-bond acceptors (Lipinski definition) is 24. The standard InChI is InChI=1S/C18H13NO7.C18H15NO6.C17H13NO7.C9H11NO5.H3NO/c20-15(9-5-6-12-13(7-9)26-8-25-12)14(18(23)24)19-16(21)10-3-1-2-4-11(10)17(19)22;1-9-11-4-2-3-5-12(11)17(23)19(9)15(18(24)25)16(22)10-6-7-13(20)14(21)8-10;19-11-6-5-8(7-12(11)20)14(21)13(17(24)25)18-15(22)9-3-1-2-4-10(9)16(18)23;10-7(9(14)15)8(13)4-1-2-5(11)6(12)3-4;1-2/h1-7,14-15,20H,8H2,(H,23,24);2-8,15-16,20-22H,1H2,(H,24,25);1-7,13-14,19-21H,(H,24,25);1-3,7-8,11-13H,10H2,(H,14,15);2H,1H2/t14-,15+;15-,16+;13-,14+;7-,8+;/m0000./s1. The summed E-state index contributed by atoms with van der Waals surface area (Å²) < 4.78 is 10.4. The number of phenolic OH excluding ortho intramolecular Hbond substituents is 6. The molecule has 5 amide bonds. The number of fused-ring (bicyclic) bond motifs is 4. The number of carboxylic acid groups (broad SMARTS) is 4. The first-order valence-electron chi connectivity index (χ1n) is 26.7. The molecule has 0 spiro atoms. The number of aliphatic hydroxyl groups excluding tert-OH is 4. The smallest absolute Gasteiger partial charge is 0.330 e. The first-order chi connectivity index (χ1) is 44.1. The molecule has 0 aliphatic carbocycles. The number of nitrogens with two attached hydrogens (primary N) is 2. The number of hydrogen-bond donors (Lipinski definition) is 17. The Balaban J connectivity index is 0.000000177. The Morgan fingerprint density at radius 2 is 0.656 bits per heavy atom. The number of rotatable bonds is 15. The lowest BCUT2D eigenvalue weighted by atomic mass is 10.00. The number of carbonyl (C=O) groups excluding carboxylic acids is 5. The van der Waals surface area contributed by atoms with Crippen LogP contribution in [0.3, 0.4) is 0 Å². The predicted molar refractivity (Wildman–Crippen MR) is 313 cm³/mol. The van der Waals surface area contributed by atoms with Gasteiger partial charge in [-0.2, -0.15) is 0 Å². The average Bonchev–Trinajstić information content (AvgIpc) is 1.64. The molecule has 93 heavy (non-hydrogen) atoms. The summed E-state index contributed by atoms with van der Waals surface area (Å²) >= 11 is 0. The van der Waals surface area contributed by atoms with Gasteiger partial charge in [0.2, 0.25) is 6.79 Å².